The average Bonchev–Trinajstić information content (AvgIpc) is 3.35. The predicted molar refractivity (Wildman–Crippen MR) is 125 cm³/mol. The van der Waals surface area contributed by atoms with Gasteiger partial charge in [0.2, 0.25) is 0 Å². The van der Waals surface area contributed by atoms with Crippen molar-refractivity contribution >= 4 is 28.1 Å². The Hall–Kier alpha value is -3.64. The van der Waals surface area contributed by atoms with Crippen LogP contribution in [0.2, 0.25) is 0 Å². The first-order valence-corrected chi connectivity index (χ1v) is 10.5. The minimum absolute atomic E-state index is 0.137. The Morgan fingerprint density at radius 2 is 1.65 bits per heavy atom. The molecule has 3 heterocycles. The van der Waals surface area contributed by atoms with Crippen LogP contribution >= 0.6 is 0 Å². The van der Waals surface area contributed by atoms with Crippen LogP contribution < -0.4 is 10.2 Å². The number of fused-ring (bicyclic) bond motifs is 1. The molecule has 6 heteroatoms. The molecule has 5 rings (SSSR count). The van der Waals surface area contributed by atoms with Crippen LogP contribution in [-0.2, 0) is 0 Å². The molecule has 0 spiro atoms. The lowest BCUT2D eigenvalue weighted by atomic mass is 10.1. The normalized spacial score (nSPS) is 14.7. The fourth-order valence-corrected chi connectivity index (χ4v) is 4.18. The van der Waals surface area contributed by atoms with Crippen molar-refractivity contribution in [1.29, 1.82) is 0 Å². The number of nitrogens with one attached hydrogen (secondary N) is 1. The fraction of sp³-hybridized carbons (Fsp3) is 0.200. The molecule has 1 aliphatic heterocycles. The molecule has 1 N–H and O–H groups in total. The van der Waals surface area contributed by atoms with Gasteiger partial charge in [-0.05, 0) is 49.5 Å². The number of rotatable bonds is 4. The summed E-state index contributed by atoms with van der Waals surface area (Å²) in [6.45, 7) is 4.07. The van der Waals surface area contributed by atoms with Crippen LogP contribution in [0.15, 0.2) is 79.4 Å². The van der Waals surface area contributed by atoms with Gasteiger partial charge in [-0.3, -0.25) is 9.78 Å². The predicted octanol–water partition coefficient (Wildman–Crippen LogP) is 4.03. The Balaban J connectivity index is 1.48. The van der Waals surface area contributed by atoms with Gasteiger partial charge < -0.3 is 19.7 Å². The largest absolute Gasteiger partial charge is 0.368 e. The molecule has 0 saturated carbocycles. The van der Waals surface area contributed by atoms with Gasteiger partial charge in [-0.1, -0.05) is 12.1 Å². The Morgan fingerprint density at radius 1 is 0.871 bits per heavy atom. The maximum atomic E-state index is 13.2. The van der Waals surface area contributed by atoms with E-state index in [0.29, 0.717) is 5.56 Å². The van der Waals surface area contributed by atoms with Crippen LogP contribution in [0.1, 0.15) is 10.4 Å². The molecule has 2 aromatic heterocycles. The van der Waals surface area contributed by atoms with Gasteiger partial charge >= 0.3 is 0 Å². The Bertz CT molecular complexity index is 1210. The molecule has 0 radical (unpaired) electrons. The molecular weight excluding hydrogens is 386 g/mol. The standard InChI is InChI=1S/C25H25N5O/c1-28-14-16-30(17-15-28)24-9-8-22(21-18-26-11-10-19(21)24)27-25(31)20-6-2-3-7-23(20)29-12-4-5-13-29/h2-13,18H,14-17H2,1H3,(H,27,31). The lowest BCUT2D eigenvalue weighted by Crippen LogP contribution is -2.44. The van der Waals surface area contributed by atoms with Crippen molar-refractivity contribution in [3.8, 4) is 5.69 Å². The van der Waals surface area contributed by atoms with E-state index in [1.54, 1.807) is 0 Å². The van der Waals surface area contributed by atoms with Crippen LogP contribution in [-0.4, -0.2) is 53.6 Å². The Morgan fingerprint density at radius 3 is 2.45 bits per heavy atom. The van der Waals surface area contributed by atoms with Gasteiger partial charge in [0.1, 0.15) is 0 Å². The number of carbonyl (C=O) groups is 1. The number of para-hydroxylation sites is 1. The highest BCUT2D eigenvalue weighted by molar-refractivity contribution is 6.12. The lowest BCUT2D eigenvalue weighted by Gasteiger charge is -2.34. The molecule has 1 aliphatic rings. The van der Waals surface area contributed by atoms with Gasteiger partial charge in [-0.15, -0.1) is 0 Å². The first kappa shape index (κ1) is 19.3. The maximum Gasteiger partial charge on any atom is 0.257 e. The van der Waals surface area contributed by atoms with E-state index in [2.05, 4.69) is 33.2 Å². The third-order valence-electron chi connectivity index (χ3n) is 5.92. The van der Waals surface area contributed by atoms with E-state index in [-0.39, 0.29) is 5.91 Å². The number of hydrogen-bond acceptors (Lipinski definition) is 4. The van der Waals surface area contributed by atoms with E-state index in [1.807, 2.05) is 77.9 Å². The van der Waals surface area contributed by atoms with Crippen molar-refractivity contribution in [2.75, 3.05) is 43.4 Å². The van der Waals surface area contributed by atoms with Gasteiger partial charge in [0.15, 0.2) is 0 Å². The van der Waals surface area contributed by atoms with E-state index in [9.17, 15) is 4.79 Å². The maximum absolute atomic E-state index is 13.2. The molecule has 4 aromatic rings. The van der Waals surface area contributed by atoms with Crippen LogP contribution in [0, 0.1) is 0 Å². The number of aromatic nitrogens is 2. The first-order valence-electron chi connectivity index (χ1n) is 10.5. The van der Waals surface area contributed by atoms with Gasteiger partial charge in [-0.2, -0.15) is 0 Å². The number of amides is 1. The van der Waals surface area contributed by atoms with Gasteiger partial charge in [0.05, 0.1) is 16.9 Å². The lowest BCUT2D eigenvalue weighted by molar-refractivity contribution is 0.102. The summed E-state index contributed by atoms with van der Waals surface area (Å²) in [6, 6.07) is 17.7. The SMILES string of the molecule is CN1CCN(c2ccc(NC(=O)c3ccccc3-n3cccc3)c3cnccc23)CC1. The summed E-state index contributed by atoms with van der Waals surface area (Å²) in [7, 11) is 2.16. The number of hydrogen-bond donors (Lipinski definition) is 1. The van der Waals surface area contributed by atoms with Gasteiger partial charge in [0.25, 0.3) is 5.91 Å². The van der Waals surface area contributed by atoms with Crippen LogP contribution in [0.25, 0.3) is 16.5 Å². The van der Waals surface area contributed by atoms with Gasteiger partial charge in [-0.25, -0.2) is 0 Å². The third-order valence-corrected chi connectivity index (χ3v) is 5.92. The molecule has 0 atom stereocenters. The smallest absolute Gasteiger partial charge is 0.257 e. The summed E-state index contributed by atoms with van der Waals surface area (Å²) in [5.74, 6) is -0.137. The summed E-state index contributed by atoms with van der Waals surface area (Å²) in [5, 5.41) is 5.18. The molecule has 0 bridgehead atoms. The van der Waals surface area contributed by atoms with E-state index in [4.69, 9.17) is 0 Å². The van der Waals surface area contributed by atoms with Crippen molar-refractivity contribution in [2.24, 2.45) is 0 Å². The zero-order valence-electron chi connectivity index (χ0n) is 17.5. The van der Waals surface area contributed by atoms with Crippen LogP contribution in [0.3, 0.4) is 0 Å². The van der Waals surface area contributed by atoms with Crippen molar-refractivity contribution in [1.82, 2.24) is 14.5 Å². The van der Waals surface area contributed by atoms with Crippen molar-refractivity contribution in [2.45, 2.75) is 0 Å². The molecule has 1 fully saturated rings. The van der Waals surface area contributed by atoms with Crippen LogP contribution in [0.4, 0.5) is 11.4 Å². The number of pyridine rings is 1. The van der Waals surface area contributed by atoms with Crippen LogP contribution in [0.5, 0.6) is 0 Å². The molecule has 1 amide bonds. The molecular formula is C25H25N5O. The number of piperazine rings is 1. The monoisotopic (exact) mass is 411 g/mol. The highest BCUT2D eigenvalue weighted by Gasteiger charge is 2.19. The Labute approximate surface area is 181 Å². The highest BCUT2D eigenvalue weighted by Crippen LogP contribution is 2.33. The first-order chi connectivity index (χ1) is 15.2. The molecule has 1 saturated heterocycles. The summed E-state index contributed by atoms with van der Waals surface area (Å²) in [6.07, 6.45) is 7.53. The Kier molecular flexibility index (Phi) is 5.14. The van der Waals surface area contributed by atoms with E-state index in [0.717, 1.165) is 48.3 Å². The highest BCUT2D eigenvalue weighted by atomic mass is 16.1. The molecule has 2 aromatic carbocycles. The fourth-order valence-electron chi connectivity index (χ4n) is 4.18. The zero-order chi connectivity index (χ0) is 21.2. The summed E-state index contributed by atoms with van der Waals surface area (Å²) >= 11 is 0. The summed E-state index contributed by atoms with van der Waals surface area (Å²) in [5.41, 5.74) is 3.44. The topological polar surface area (TPSA) is 53.4 Å². The quantitative estimate of drug-likeness (QED) is 0.551. The summed E-state index contributed by atoms with van der Waals surface area (Å²) < 4.78 is 1.95. The second kappa shape index (κ2) is 8.24. The minimum atomic E-state index is -0.137. The van der Waals surface area contributed by atoms with Gasteiger partial charge in [0, 0.05) is 67.4 Å². The molecule has 0 aliphatic carbocycles. The molecule has 0 unspecified atom stereocenters. The molecule has 156 valence electrons. The summed E-state index contributed by atoms with van der Waals surface area (Å²) in [4.78, 5) is 22.3. The number of nitrogens with zero attached hydrogens (tertiary/aromatic N) is 4. The zero-order valence-corrected chi connectivity index (χ0v) is 17.5. The number of likely N-dealkylation sites (N-methyl/N-ethyl adjacent to an activating group) is 1. The van der Waals surface area contributed by atoms with E-state index in [1.165, 1.54) is 5.69 Å². The van der Waals surface area contributed by atoms with Crippen molar-refractivity contribution in [3.05, 3.63) is 84.9 Å². The van der Waals surface area contributed by atoms with E-state index < -0.39 is 0 Å². The van der Waals surface area contributed by atoms with E-state index >= 15 is 0 Å². The second-order valence-corrected chi connectivity index (χ2v) is 7.91. The number of anilines is 2. The number of carbonyl (C=O) groups excluding carboxylic acids is 1. The molecule has 31 heavy (non-hydrogen) atoms. The third kappa shape index (κ3) is 3.78. The minimum Gasteiger partial charge on any atom is -0.368 e. The van der Waals surface area contributed by atoms with Crippen molar-refractivity contribution in [3.63, 3.8) is 0 Å². The average molecular weight is 412 g/mol. The number of benzene rings is 2. The van der Waals surface area contributed by atoms with Crippen molar-refractivity contribution < 1.29 is 4.79 Å². The molecule has 6 nitrogen and oxygen atoms in total. The second-order valence-electron chi connectivity index (χ2n) is 7.91.